The van der Waals surface area contributed by atoms with Gasteiger partial charge in [-0.3, -0.25) is 9.36 Å². The largest absolute Gasteiger partial charge is 0.378 e. The quantitative estimate of drug-likeness (QED) is 0.685. The summed E-state index contributed by atoms with van der Waals surface area (Å²) < 4.78 is 2.08. The van der Waals surface area contributed by atoms with Gasteiger partial charge in [0.25, 0.3) is 0 Å². The van der Waals surface area contributed by atoms with Gasteiger partial charge in [0.1, 0.15) is 5.82 Å². The van der Waals surface area contributed by atoms with Gasteiger partial charge in [0.2, 0.25) is 0 Å². The van der Waals surface area contributed by atoms with Crippen molar-refractivity contribution in [2.45, 2.75) is 0 Å². The van der Waals surface area contributed by atoms with E-state index in [2.05, 4.69) is 39.0 Å². The standard InChI is InChI=1S/C19H22N4O/c1-22(2)14-7-9-15(10-8-14)23-18-6-4-3-5-16(18)17(13-24)19(23)21-12-11-20/h3-10,13,21H,11-12,20H2,1-2H3. The highest BCUT2D eigenvalue weighted by atomic mass is 16.1. The van der Waals surface area contributed by atoms with Crippen LogP contribution in [0.4, 0.5) is 11.5 Å². The number of anilines is 2. The molecule has 0 aliphatic carbocycles. The second-order valence-corrected chi connectivity index (χ2v) is 5.86. The van der Waals surface area contributed by atoms with E-state index >= 15 is 0 Å². The number of para-hydroxylation sites is 1. The molecule has 3 N–H and O–H groups in total. The fraction of sp³-hybridized carbons (Fsp3) is 0.211. The van der Waals surface area contributed by atoms with E-state index in [-0.39, 0.29) is 0 Å². The highest BCUT2D eigenvalue weighted by molar-refractivity contribution is 6.04. The molecule has 0 fully saturated rings. The molecule has 0 saturated heterocycles. The zero-order valence-electron chi connectivity index (χ0n) is 14.0. The average Bonchev–Trinajstić information content (AvgIpc) is 2.93. The number of hydrogen-bond acceptors (Lipinski definition) is 4. The Kier molecular flexibility index (Phi) is 4.53. The fourth-order valence-corrected chi connectivity index (χ4v) is 2.92. The molecule has 2 aromatic carbocycles. The predicted molar refractivity (Wildman–Crippen MR) is 101 cm³/mol. The van der Waals surface area contributed by atoms with Gasteiger partial charge >= 0.3 is 0 Å². The van der Waals surface area contributed by atoms with Gasteiger partial charge < -0.3 is 16.0 Å². The molecule has 0 atom stereocenters. The van der Waals surface area contributed by atoms with E-state index in [0.717, 1.165) is 34.4 Å². The Morgan fingerprint density at radius 2 is 1.83 bits per heavy atom. The van der Waals surface area contributed by atoms with Crippen molar-refractivity contribution >= 4 is 28.7 Å². The summed E-state index contributed by atoms with van der Waals surface area (Å²) in [5.41, 5.74) is 9.43. The molecule has 3 rings (SSSR count). The number of hydrogen-bond donors (Lipinski definition) is 2. The number of fused-ring (bicyclic) bond motifs is 1. The summed E-state index contributed by atoms with van der Waals surface area (Å²) in [6.07, 6.45) is 0.909. The van der Waals surface area contributed by atoms with Crippen molar-refractivity contribution in [1.82, 2.24) is 4.57 Å². The highest BCUT2D eigenvalue weighted by Crippen LogP contribution is 2.32. The van der Waals surface area contributed by atoms with Gasteiger partial charge in [0.15, 0.2) is 6.29 Å². The number of nitrogens with zero attached hydrogens (tertiary/aromatic N) is 2. The van der Waals surface area contributed by atoms with Crippen LogP contribution in [0.5, 0.6) is 0 Å². The van der Waals surface area contributed by atoms with Crippen LogP contribution in [0.1, 0.15) is 10.4 Å². The monoisotopic (exact) mass is 322 g/mol. The maximum absolute atomic E-state index is 11.7. The minimum Gasteiger partial charge on any atom is -0.378 e. The van der Waals surface area contributed by atoms with Gasteiger partial charge in [-0.2, -0.15) is 0 Å². The minimum absolute atomic E-state index is 0.499. The molecule has 0 aliphatic heterocycles. The Morgan fingerprint density at radius 1 is 1.12 bits per heavy atom. The Labute approximate surface area is 141 Å². The van der Waals surface area contributed by atoms with E-state index < -0.39 is 0 Å². The zero-order valence-corrected chi connectivity index (χ0v) is 14.0. The first kappa shape index (κ1) is 16.1. The lowest BCUT2D eigenvalue weighted by atomic mass is 10.2. The molecule has 0 amide bonds. The van der Waals surface area contributed by atoms with Crippen molar-refractivity contribution in [2.75, 3.05) is 37.4 Å². The number of nitrogens with two attached hydrogens (primary N) is 1. The van der Waals surface area contributed by atoms with Crippen LogP contribution in [0.25, 0.3) is 16.6 Å². The lowest BCUT2D eigenvalue weighted by Crippen LogP contribution is -2.16. The number of benzene rings is 2. The summed E-state index contributed by atoms with van der Waals surface area (Å²) in [7, 11) is 4.03. The molecule has 5 heteroatoms. The number of rotatable bonds is 6. The average molecular weight is 322 g/mol. The van der Waals surface area contributed by atoms with Crippen LogP contribution in [-0.2, 0) is 0 Å². The Balaban J connectivity index is 2.22. The van der Waals surface area contributed by atoms with E-state index in [1.807, 2.05) is 38.4 Å². The van der Waals surface area contributed by atoms with Crippen LogP contribution in [0.3, 0.4) is 0 Å². The molecule has 0 spiro atoms. The summed E-state index contributed by atoms with van der Waals surface area (Å²) >= 11 is 0. The molecule has 5 nitrogen and oxygen atoms in total. The molecular formula is C19H22N4O. The smallest absolute Gasteiger partial charge is 0.154 e. The van der Waals surface area contributed by atoms with Crippen molar-refractivity contribution in [1.29, 1.82) is 0 Å². The Morgan fingerprint density at radius 3 is 2.46 bits per heavy atom. The van der Waals surface area contributed by atoms with E-state index in [4.69, 9.17) is 5.73 Å². The maximum atomic E-state index is 11.7. The molecular weight excluding hydrogens is 300 g/mol. The van der Waals surface area contributed by atoms with Crippen LogP contribution in [0, 0.1) is 0 Å². The van der Waals surface area contributed by atoms with Crippen LogP contribution in [0.2, 0.25) is 0 Å². The van der Waals surface area contributed by atoms with E-state index in [1.54, 1.807) is 0 Å². The first-order chi connectivity index (χ1) is 11.7. The molecule has 0 aliphatic rings. The maximum Gasteiger partial charge on any atom is 0.154 e. The summed E-state index contributed by atoms with van der Waals surface area (Å²) in [6.45, 7) is 1.10. The third kappa shape index (κ3) is 2.74. The number of carbonyl (C=O) groups excluding carboxylic acids is 1. The molecule has 1 heterocycles. The molecule has 124 valence electrons. The topological polar surface area (TPSA) is 63.3 Å². The summed E-state index contributed by atoms with van der Waals surface area (Å²) in [6, 6.07) is 16.2. The minimum atomic E-state index is 0.499. The Bertz CT molecular complexity index is 850. The molecule has 1 aromatic heterocycles. The van der Waals surface area contributed by atoms with Gasteiger partial charge in [-0.1, -0.05) is 18.2 Å². The van der Waals surface area contributed by atoms with Crippen LogP contribution < -0.4 is 16.0 Å². The summed E-state index contributed by atoms with van der Waals surface area (Å²) in [5, 5.41) is 4.24. The van der Waals surface area contributed by atoms with Gasteiger partial charge in [-0.15, -0.1) is 0 Å². The predicted octanol–water partition coefficient (Wildman–Crippen LogP) is 2.88. The van der Waals surface area contributed by atoms with Gasteiger partial charge in [0.05, 0.1) is 11.1 Å². The Hall–Kier alpha value is -2.79. The highest BCUT2D eigenvalue weighted by Gasteiger charge is 2.17. The van der Waals surface area contributed by atoms with Gasteiger partial charge in [-0.25, -0.2) is 0 Å². The second kappa shape index (κ2) is 6.76. The van der Waals surface area contributed by atoms with E-state index in [9.17, 15) is 4.79 Å². The molecule has 3 aromatic rings. The molecule has 0 radical (unpaired) electrons. The van der Waals surface area contributed by atoms with Crippen molar-refractivity contribution in [3.8, 4) is 5.69 Å². The zero-order chi connectivity index (χ0) is 17.1. The van der Waals surface area contributed by atoms with Crippen LogP contribution in [-0.4, -0.2) is 38.0 Å². The number of nitrogens with one attached hydrogen (secondary N) is 1. The van der Waals surface area contributed by atoms with E-state index in [1.165, 1.54) is 0 Å². The SMILES string of the molecule is CN(C)c1ccc(-n2c(NCCN)c(C=O)c3ccccc32)cc1. The molecule has 24 heavy (non-hydrogen) atoms. The van der Waals surface area contributed by atoms with Crippen LogP contribution in [0.15, 0.2) is 48.5 Å². The lowest BCUT2D eigenvalue weighted by Gasteiger charge is -2.16. The van der Waals surface area contributed by atoms with Gasteiger partial charge in [-0.05, 0) is 30.3 Å². The molecule has 0 saturated carbocycles. The first-order valence-electron chi connectivity index (χ1n) is 7.97. The van der Waals surface area contributed by atoms with Crippen molar-refractivity contribution in [2.24, 2.45) is 5.73 Å². The lowest BCUT2D eigenvalue weighted by molar-refractivity contribution is 0.112. The van der Waals surface area contributed by atoms with Crippen molar-refractivity contribution < 1.29 is 4.79 Å². The third-order valence-corrected chi connectivity index (χ3v) is 4.09. The van der Waals surface area contributed by atoms with E-state index in [0.29, 0.717) is 18.7 Å². The first-order valence-corrected chi connectivity index (χ1v) is 7.97. The molecule has 0 unspecified atom stereocenters. The van der Waals surface area contributed by atoms with Crippen molar-refractivity contribution in [3.05, 3.63) is 54.1 Å². The fourth-order valence-electron chi connectivity index (χ4n) is 2.92. The van der Waals surface area contributed by atoms with Crippen LogP contribution >= 0.6 is 0 Å². The summed E-state index contributed by atoms with van der Waals surface area (Å²) in [5.74, 6) is 0.786. The third-order valence-electron chi connectivity index (χ3n) is 4.09. The number of aldehydes is 1. The molecule has 0 bridgehead atoms. The normalized spacial score (nSPS) is 10.8. The number of aromatic nitrogens is 1. The second-order valence-electron chi connectivity index (χ2n) is 5.86. The summed E-state index contributed by atoms with van der Waals surface area (Å²) in [4.78, 5) is 13.8. The van der Waals surface area contributed by atoms with Crippen molar-refractivity contribution in [3.63, 3.8) is 0 Å². The van der Waals surface area contributed by atoms with Gasteiger partial charge in [0, 0.05) is 43.9 Å². The number of carbonyl (C=O) groups is 1.